The lowest BCUT2D eigenvalue weighted by atomic mass is 10.0. The number of allylic oxidation sites excluding steroid dienone is 2. The van der Waals surface area contributed by atoms with Crippen molar-refractivity contribution in [3.63, 3.8) is 0 Å². The maximum absolute atomic E-state index is 10.6. The largest absolute Gasteiger partial charge is 0.338 e. The predicted molar refractivity (Wildman–Crippen MR) is 52.0 cm³/mol. The van der Waals surface area contributed by atoms with Crippen molar-refractivity contribution in [3.05, 3.63) is 28.0 Å². The third-order valence-electron chi connectivity index (χ3n) is 2.46. The number of rotatable bonds is 1. The van der Waals surface area contributed by atoms with Crippen LogP contribution in [0.1, 0.15) is 5.56 Å². The minimum atomic E-state index is 0.647. The van der Waals surface area contributed by atoms with Crippen molar-refractivity contribution in [1.29, 1.82) is 0 Å². The molecule has 2 heterocycles. The second-order valence-corrected chi connectivity index (χ2v) is 3.29. The topological polar surface area (TPSA) is 57.6 Å². The summed E-state index contributed by atoms with van der Waals surface area (Å²) in [6, 6.07) is 0. The van der Waals surface area contributed by atoms with Gasteiger partial charge in [-0.2, -0.15) is 0 Å². The van der Waals surface area contributed by atoms with E-state index in [1.54, 1.807) is 0 Å². The maximum atomic E-state index is 10.6. The van der Waals surface area contributed by atoms with Gasteiger partial charge in [0.05, 0.1) is 0 Å². The highest BCUT2D eigenvalue weighted by molar-refractivity contribution is 5.79. The normalized spacial score (nSPS) is 16.4. The van der Waals surface area contributed by atoms with Crippen LogP contribution in [0.2, 0.25) is 0 Å². The lowest BCUT2D eigenvalue weighted by Crippen LogP contribution is -2.14. The first-order valence-corrected chi connectivity index (χ1v) is 4.36. The molecule has 0 bridgehead atoms. The van der Waals surface area contributed by atoms with Crippen molar-refractivity contribution >= 4 is 24.4 Å². The summed E-state index contributed by atoms with van der Waals surface area (Å²) < 4.78 is 0. The number of aldehydes is 1. The summed E-state index contributed by atoms with van der Waals surface area (Å²) in [5.41, 5.74) is 3.53. The van der Waals surface area contributed by atoms with Crippen LogP contribution in [0.15, 0.2) is 21.6 Å². The lowest BCUT2D eigenvalue weighted by Gasteiger charge is -2.02. The molecule has 0 radical (unpaired) electrons. The summed E-state index contributed by atoms with van der Waals surface area (Å²) in [5.74, 6) is 0. The number of hydrogen-bond acceptors (Lipinski definition) is 3. The molecule has 0 atom stereocenters. The van der Waals surface area contributed by atoms with Gasteiger partial charge in [0.25, 0.3) is 0 Å². The molecular formula is C10H7N3O. The van der Waals surface area contributed by atoms with Gasteiger partial charge in [-0.1, -0.05) is 6.08 Å². The Labute approximate surface area is 79.4 Å². The highest BCUT2D eigenvalue weighted by atomic mass is 16.1. The number of H-pyrrole nitrogens is 1. The molecule has 4 heteroatoms. The Kier molecular flexibility index (Phi) is 1.33. The Morgan fingerprint density at radius 1 is 1.43 bits per heavy atom. The van der Waals surface area contributed by atoms with Gasteiger partial charge in [0.2, 0.25) is 0 Å². The number of hydrogen-bond donors (Lipinski definition) is 1. The Hall–Kier alpha value is -1.97. The van der Waals surface area contributed by atoms with Crippen LogP contribution in [0, 0.1) is 0 Å². The summed E-state index contributed by atoms with van der Waals surface area (Å²) in [5, 5.41) is 1.02. The molecule has 0 fully saturated rings. The number of fused-ring (bicyclic) bond motifs is 3. The van der Waals surface area contributed by atoms with E-state index in [0.717, 1.165) is 33.9 Å². The monoisotopic (exact) mass is 185 g/mol. The van der Waals surface area contributed by atoms with Crippen molar-refractivity contribution in [2.24, 2.45) is 9.98 Å². The summed E-state index contributed by atoms with van der Waals surface area (Å²) in [6.45, 7) is 0. The van der Waals surface area contributed by atoms with Gasteiger partial charge in [0, 0.05) is 17.3 Å². The maximum Gasteiger partial charge on any atom is 0.158 e. The first kappa shape index (κ1) is 7.44. The number of carbonyl (C=O) groups is 1. The third-order valence-corrected chi connectivity index (χ3v) is 2.46. The van der Waals surface area contributed by atoms with E-state index in [0.29, 0.717) is 6.42 Å². The average Bonchev–Trinajstić information content (AvgIpc) is 2.76. The van der Waals surface area contributed by atoms with E-state index in [1.807, 2.05) is 12.2 Å². The van der Waals surface area contributed by atoms with Gasteiger partial charge in [0.15, 0.2) is 5.49 Å². The second kappa shape index (κ2) is 2.51. The van der Waals surface area contributed by atoms with E-state index in [2.05, 4.69) is 15.0 Å². The fourth-order valence-corrected chi connectivity index (χ4v) is 1.77. The smallest absolute Gasteiger partial charge is 0.158 e. The highest BCUT2D eigenvalue weighted by Gasteiger charge is 2.15. The van der Waals surface area contributed by atoms with E-state index in [4.69, 9.17) is 0 Å². The number of carbonyl (C=O) groups excluding carboxylic acids is 1. The third kappa shape index (κ3) is 0.849. The lowest BCUT2D eigenvalue weighted by molar-refractivity contribution is -0.105. The molecule has 1 aromatic rings. The fourth-order valence-electron chi connectivity index (χ4n) is 1.77. The SMILES string of the molecule is O=CC1=CC=c2[nH]c3c(c2C1)N=CN=3. The molecule has 0 saturated heterocycles. The van der Waals surface area contributed by atoms with Gasteiger partial charge in [-0.25, -0.2) is 9.98 Å². The van der Waals surface area contributed by atoms with Crippen molar-refractivity contribution in [2.45, 2.75) is 6.42 Å². The number of aliphatic imine (C=N–C) groups is 1. The van der Waals surface area contributed by atoms with E-state index in [-0.39, 0.29) is 0 Å². The zero-order valence-electron chi connectivity index (χ0n) is 7.32. The van der Waals surface area contributed by atoms with Gasteiger partial charge >= 0.3 is 0 Å². The second-order valence-electron chi connectivity index (χ2n) is 3.29. The molecule has 1 N–H and O–H groups in total. The van der Waals surface area contributed by atoms with Crippen molar-refractivity contribution in [2.75, 3.05) is 0 Å². The first-order valence-electron chi connectivity index (χ1n) is 4.36. The van der Waals surface area contributed by atoms with Crippen molar-refractivity contribution in [3.8, 4) is 0 Å². The molecule has 4 nitrogen and oxygen atoms in total. The molecule has 0 aromatic carbocycles. The summed E-state index contributed by atoms with van der Waals surface area (Å²) in [4.78, 5) is 22.0. The molecule has 2 aliphatic rings. The first-order chi connectivity index (χ1) is 6.88. The molecule has 68 valence electrons. The predicted octanol–water partition coefficient (Wildman–Crippen LogP) is -0.230. The van der Waals surface area contributed by atoms with Crippen molar-refractivity contribution < 1.29 is 4.79 Å². The number of nitrogens with zero attached hydrogens (tertiary/aromatic N) is 2. The average molecular weight is 185 g/mol. The highest BCUT2D eigenvalue weighted by Crippen LogP contribution is 2.17. The Bertz CT molecular complexity index is 590. The van der Waals surface area contributed by atoms with Crippen LogP contribution in [-0.4, -0.2) is 17.6 Å². The molecule has 14 heavy (non-hydrogen) atoms. The molecule has 0 spiro atoms. The van der Waals surface area contributed by atoms with Crippen LogP contribution in [0.5, 0.6) is 0 Å². The molecule has 1 aliphatic carbocycles. The minimum absolute atomic E-state index is 0.647. The van der Waals surface area contributed by atoms with Crippen LogP contribution in [0.3, 0.4) is 0 Å². The van der Waals surface area contributed by atoms with Crippen LogP contribution in [0.4, 0.5) is 5.69 Å². The van der Waals surface area contributed by atoms with Gasteiger partial charge in [-0.3, -0.25) is 4.79 Å². The van der Waals surface area contributed by atoms with Crippen LogP contribution >= 0.6 is 0 Å². The van der Waals surface area contributed by atoms with Gasteiger partial charge in [-0.15, -0.1) is 0 Å². The molecule has 0 amide bonds. The molecule has 0 saturated carbocycles. The quantitative estimate of drug-likeness (QED) is 0.603. The van der Waals surface area contributed by atoms with Crippen LogP contribution in [0.25, 0.3) is 6.08 Å². The fraction of sp³-hybridized carbons (Fsp3) is 0.100. The Balaban J connectivity index is 2.28. The Morgan fingerprint density at radius 2 is 2.36 bits per heavy atom. The minimum Gasteiger partial charge on any atom is -0.338 e. The van der Waals surface area contributed by atoms with Gasteiger partial charge in [-0.05, 0) is 11.6 Å². The summed E-state index contributed by atoms with van der Waals surface area (Å²) in [6.07, 6.45) is 6.78. The van der Waals surface area contributed by atoms with Crippen LogP contribution in [-0.2, 0) is 11.2 Å². The number of aromatic nitrogens is 1. The molecule has 1 aliphatic heterocycles. The number of aromatic amines is 1. The van der Waals surface area contributed by atoms with Gasteiger partial charge in [0.1, 0.15) is 18.3 Å². The molecule has 0 unspecified atom stereocenters. The van der Waals surface area contributed by atoms with E-state index >= 15 is 0 Å². The molecule has 3 rings (SSSR count). The zero-order valence-corrected chi connectivity index (χ0v) is 7.32. The summed E-state index contributed by atoms with van der Waals surface area (Å²) >= 11 is 0. The van der Waals surface area contributed by atoms with Gasteiger partial charge < -0.3 is 4.98 Å². The zero-order chi connectivity index (χ0) is 9.54. The van der Waals surface area contributed by atoms with E-state index in [1.165, 1.54) is 6.34 Å². The van der Waals surface area contributed by atoms with Crippen LogP contribution < -0.4 is 10.8 Å². The molecule has 1 aromatic heterocycles. The summed E-state index contributed by atoms with van der Waals surface area (Å²) in [7, 11) is 0. The van der Waals surface area contributed by atoms with E-state index in [9.17, 15) is 4.79 Å². The number of nitrogens with one attached hydrogen (secondary N) is 1. The Morgan fingerprint density at radius 3 is 3.21 bits per heavy atom. The standard InChI is InChI=1S/C10H7N3O/c14-4-6-1-2-8-7(3-6)9-10(13-8)12-5-11-9/h1-2,4-5H,3H2,(H,11,12,13). The van der Waals surface area contributed by atoms with E-state index < -0.39 is 0 Å². The van der Waals surface area contributed by atoms with Crippen molar-refractivity contribution in [1.82, 2.24) is 4.98 Å². The molecular weight excluding hydrogens is 178 g/mol.